The van der Waals surface area contributed by atoms with E-state index in [0.29, 0.717) is 18.4 Å². The molecule has 1 aliphatic rings. The summed E-state index contributed by atoms with van der Waals surface area (Å²) in [6, 6.07) is 1.58. The standard InChI is InChI=1S/C13H19N5O2/c14-12(18-20)13(6-3-1-2-4-7-13)17-11(19)10-5-8-15-16-9-10/h5,8-9,20H,1-4,6-7H2,(H2,14,18)(H,17,19). The Morgan fingerprint density at radius 2 is 2.00 bits per heavy atom. The Kier molecular flexibility index (Phi) is 4.49. The smallest absolute Gasteiger partial charge is 0.253 e. The Balaban J connectivity index is 2.22. The Morgan fingerprint density at radius 1 is 1.30 bits per heavy atom. The summed E-state index contributed by atoms with van der Waals surface area (Å²) in [5.74, 6) is -0.219. The lowest BCUT2D eigenvalue weighted by molar-refractivity contribution is 0.0914. The number of amidine groups is 1. The largest absolute Gasteiger partial charge is 0.409 e. The van der Waals surface area contributed by atoms with E-state index in [0.717, 1.165) is 25.7 Å². The summed E-state index contributed by atoms with van der Waals surface area (Å²) in [7, 11) is 0. The van der Waals surface area contributed by atoms with Gasteiger partial charge in [0, 0.05) is 0 Å². The second kappa shape index (κ2) is 6.31. The van der Waals surface area contributed by atoms with E-state index in [1.54, 1.807) is 6.07 Å². The summed E-state index contributed by atoms with van der Waals surface area (Å²) in [6.45, 7) is 0. The molecule has 1 fully saturated rings. The molecule has 1 heterocycles. The van der Waals surface area contributed by atoms with Crippen LogP contribution < -0.4 is 11.1 Å². The van der Waals surface area contributed by atoms with Crippen molar-refractivity contribution in [3.63, 3.8) is 0 Å². The number of amides is 1. The van der Waals surface area contributed by atoms with E-state index in [1.807, 2.05) is 0 Å². The summed E-state index contributed by atoms with van der Waals surface area (Å²) in [4.78, 5) is 12.3. The summed E-state index contributed by atoms with van der Waals surface area (Å²) >= 11 is 0. The third-order valence-electron chi connectivity index (χ3n) is 3.75. The minimum absolute atomic E-state index is 0.0646. The second-order valence-corrected chi connectivity index (χ2v) is 5.07. The number of carbonyl (C=O) groups is 1. The van der Waals surface area contributed by atoms with Crippen LogP contribution in [0.1, 0.15) is 48.9 Å². The molecule has 0 aromatic carbocycles. The first-order valence-electron chi connectivity index (χ1n) is 6.75. The molecule has 0 spiro atoms. The van der Waals surface area contributed by atoms with Crippen molar-refractivity contribution < 1.29 is 10.0 Å². The van der Waals surface area contributed by atoms with Gasteiger partial charge < -0.3 is 16.3 Å². The molecular weight excluding hydrogens is 258 g/mol. The van der Waals surface area contributed by atoms with Crippen molar-refractivity contribution in [1.29, 1.82) is 0 Å². The van der Waals surface area contributed by atoms with Crippen molar-refractivity contribution in [2.45, 2.75) is 44.1 Å². The number of hydrogen-bond acceptors (Lipinski definition) is 5. The lowest BCUT2D eigenvalue weighted by Crippen LogP contribution is -2.57. The number of nitrogens with two attached hydrogens (primary N) is 1. The van der Waals surface area contributed by atoms with E-state index < -0.39 is 5.54 Å². The molecule has 0 aliphatic heterocycles. The average molecular weight is 277 g/mol. The number of nitrogens with one attached hydrogen (secondary N) is 1. The predicted octanol–water partition coefficient (Wildman–Crippen LogP) is 1.05. The van der Waals surface area contributed by atoms with Crippen LogP contribution in [0.4, 0.5) is 0 Å². The zero-order chi connectivity index (χ0) is 14.4. The molecule has 7 nitrogen and oxygen atoms in total. The molecule has 1 aliphatic carbocycles. The Morgan fingerprint density at radius 3 is 2.55 bits per heavy atom. The molecule has 0 unspecified atom stereocenters. The SMILES string of the molecule is N/C(=N/O)C1(NC(=O)c2ccnnc2)CCCCCC1. The van der Waals surface area contributed by atoms with E-state index in [4.69, 9.17) is 10.9 Å². The van der Waals surface area contributed by atoms with Crippen molar-refractivity contribution in [1.82, 2.24) is 15.5 Å². The van der Waals surface area contributed by atoms with Gasteiger partial charge in [-0.05, 0) is 18.9 Å². The van der Waals surface area contributed by atoms with Crippen LogP contribution in [0.3, 0.4) is 0 Å². The fourth-order valence-corrected chi connectivity index (χ4v) is 2.59. The molecule has 7 heteroatoms. The minimum atomic E-state index is -0.772. The highest BCUT2D eigenvalue weighted by Crippen LogP contribution is 2.27. The van der Waals surface area contributed by atoms with Crippen LogP contribution in [0.15, 0.2) is 23.6 Å². The van der Waals surface area contributed by atoms with E-state index in [2.05, 4.69) is 20.7 Å². The first-order valence-corrected chi connectivity index (χ1v) is 6.75. The molecule has 2 rings (SSSR count). The molecule has 4 N–H and O–H groups in total. The summed E-state index contributed by atoms with van der Waals surface area (Å²) in [6.07, 6.45) is 8.25. The molecule has 0 bridgehead atoms. The van der Waals surface area contributed by atoms with Gasteiger partial charge in [-0.15, -0.1) is 0 Å². The molecule has 0 saturated heterocycles. The average Bonchev–Trinajstić information content (AvgIpc) is 2.74. The van der Waals surface area contributed by atoms with E-state index in [-0.39, 0.29) is 11.7 Å². The maximum absolute atomic E-state index is 12.3. The minimum Gasteiger partial charge on any atom is -0.409 e. The van der Waals surface area contributed by atoms with E-state index >= 15 is 0 Å². The Labute approximate surface area is 117 Å². The highest BCUT2D eigenvalue weighted by atomic mass is 16.4. The number of oxime groups is 1. The van der Waals surface area contributed by atoms with Crippen molar-refractivity contribution >= 4 is 11.7 Å². The van der Waals surface area contributed by atoms with E-state index in [9.17, 15) is 4.79 Å². The molecule has 20 heavy (non-hydrogen) atoms. The van der Waals surface area contributed by atoms with Crippen molar-refractivity contribution in [3.05, 3.63) is 24.0 Å². The topological polar surface area (TPSA) is 113 Å². The number of rotatable bonds is 3. The van der Waals surface area contributed by atoms with Gasteiger partial charge in [0.1, 0.15) is 5.54 Å². The third kappa shape index (κ3) is 3.04. The number of hydrogen-bond donors (Lipinski definition) is 3. The number of carbonyl (C=O) groups excluding carboxylic acids is 1. The fraction of sp³-hybridized carbons (Fsp3) is 0.538. The van der Waals surface area contributed by atoms with Gasteiger partial charge in [-0.25, -0.2) is 0 Å². The van der Waals surface area contributed by atoms with Crippen molar-refractivity contribution in [2.75, 3.05) is 0 Å². The van der Waals surface area contributed by atoms with Gasteiger partial charge in [0.15, 0.2) is 5.84 Å². The lowest BCUT2D eigenvalue weighted by Gasteiger charge is -2.32. The fourth-order valence-electron chi connectivity index (χ4n) is 2.59. The molecule has 1 amide bonds. The van der Waals surface area contributed by atoms with Gasteiger partial charge in [0.05, 0.1) is 18.0 Å². The van der Waals surface area contributed by atoms with Crippen LogP contribution in [-0.2, 0) is 0 Å². The molecule has 1 aromatic heterocycles. The van der Waals surface area contributed by atoms with Gasteiger partial charge in [-0.3, -0.25) is 4.79 Å². The summed E-state index contributed by atoms with van der Waals surface area (Å²) in [5.41, 5.74) is 5.48. The zero-order valence-electron chi connectivity index (χ0n) is 11.2. The van der Waals surface area contributed by atoms with Crippen LogP contribution in [0.5, 0.6) is 0 Å². The Bertz CT molecular complexity index is 481. The molecule has 0 atom stereocenters. The monoisotopic (exact) mass is 277 g/mol. The van der Waals surface area contributed by atoms with Crippen LogP contribution in [0, 0.1) is 0 Å². The van der Waals surface area contributed by atoms with Gasteiger partial charge in [-0.1, -0.05) is 30.8 Å². The predicted molar refractivity (Wildman–Crippen MR) is 73.3 cm³/mol. The van der Waals surface area contributed by atoms with Crippen molar-refractivity contribution in [2.24, 2.45) is 10.9 Å². The summed E-state index contributed by atoms with van der Waals surface area (Å²) in [5, 5.41) is 22.4. The van der Waals surface area contributed by atoms with E-state index in [1.165, 1.54) is 12.4 Å². The third-order valence-corrected chi connectivity index (χ3v) is 3.75. The molecular formula is C13H19N5O2. The zero-order valence-corrected chi connectivity index (χ0v) is 11.2. The normalized spacial score (nSPS) is 19.1. The number of nitrogens with zero attached hydrogens (tertiary/aromatic N) is 3. The van der Waals surface area contributed by atoms with Crippen LogP contribution in [-0.4, -0.2) is 32.7 Å². The lowest BCUT2D eigenvalue weighted by atomic mass is 9.88. The van der Waals surface area contributed by atoms with Gasteiger partial charge in [-0.2, -0.15) is 10.2 Å². The van der Waals surface area contributed by atoms with Crippen LogP contribution in [0.2, 0.25) is 0 Å². The highest BCUT2D eigenvalue weighted by molar-refractivity contribution is 6.00. The van der Waals surface area contributed by atoms with Crippen LogP contribution >= 0.6 is 0 Å². The van der Waals surface area contributed by atoms with Gasteiger partial charge in [0.2, 0.25) is 0 Å². The van der Waals surface area contributed by atoms with Crippen molar-refractivity contribution in [3.8, 4) is 0 Å². The first-order chi connectivity index (χ1) is 9.68. The maximum Gasteiger partial charge on any atom is 0.253 e. The summed E-state index contributed by atoms with van der Waals surface area (Å²) < 4.78 is 0. The quantitative estimate of drug-likeness (QED) is 0.251. The van der Waals surface area contributed by atoms with Gasteiger partial charge >= 0.3 is 0 Å². The molecule has 1 saturated carbocycles. The Hall–Kier alpha value is -2.18. The molecule has 1 aromatic rings. The van der Waals surface area contributed by atoms with Crippen LogP contribution in [0.25, 0.3) is 0 Å². The second-order valence-electron chi connectivity index (χ2n) is 5.07. The highest BCUT2D eigenvalue weighted by Gasteiger charge is 2.37. The maximum atomic E-state index is 12.3. The molecule has 108 valence electrons. The molecule has 0 radical (unpaired) electrons. The first kappa shape index (κ1) is 14.2. The number of aromatic nitrogens is 2. The van der Waals surface area contributed by atoms with Gasteiger partial charge in [0.25, 0.3) is 5.91 Å².